The van der Waals surface area contributed by atoms with E-state index >= 15 is 0 Å². The smallest absolute Gasteiger partial charge is 0.417 e. The fourth-order valence-corrected chi connectivity index (χ4v) is 6.89. The lowest BCUT2D eigenvalue weighted by Gasteiger charge is -2.34. The van der Waals surface area contributed by atoms with Crippen molar-refractivity contribution in [3.63, 3.8) is 0 Å². The molecule has 2 heterocycles. The summed E-state index contributed by atoms with van der Waals surface area (Å²) in [6, 6.07) is 6.18. The number of carbonyl (C=O) groups excluding carboxylic acids is 1. The van der Waals surface area contributed by atoms with Crippen LogP contribution in [0.25, 0.3) is 10.9 Å². The van der Waals surface area contributed by atoms with Crippen molar-refractivity contribution in [2.24, 2.45) is 17.0 Å². The SMILES string of the molecule is Cc1nc(F)ccc1C(/C(N)=C/N(N)C1(C(F)F)CC1)N(C(=O)OCOP(OC(C)(C)C)OC(C)(C)C)c1cc(Cl)c2ncc(C#N)c(NCC(C)(C)C)c2c1. The number of aryl methyl sites for hydroxylation is 1. The van der Waals surface area contributed by atoms with Crippen molar-refractivity contribution in [3.8, 4) is 6.07 Å². The monoisotopic (exact) mass is 822 g/mol. The van der Waals surface area contributed by atoms with Gasteiger partial charge in [0.05, 0.1) is 44.4 Å². The van der Waals surface area contributed by atoms with E-state index in [1.165, 1.54) is 25.3 Å². The third kappa shape index (κ3) is 11.3. The van der Waals surface area contributed by atoms with E-state index < -0.39 is 56.6 Å². The molecule has 2 aromatic heterocycles. The van der Waals surface area contributed by atoms with Crippen molar-refractivity contribution in [1.82, 2.24) is 15.0 Å². The lowest BCUT2D eigenvalue weighted by Crippen LogP contribution is -2.46. The number of hydrogen-bond donors (Lipinski definition) is 3. The Labute approximate surface area is 332 Å². The molecule has 0 spiro atoms. The van der Waals surface area contributed by atoms with E-state index in [1.54, 1.807) is 6.07 Å². The van der Waals surface area contributed by atoms with Crippen LogP contribution in [-0.2, 0) is 18.3 Å². The highest BCUT2D eigenvalue weighted by Crippen LogP contribution is 2.48. The van der Waals surface area contributed by atoms with Crippen LogP contribution < -0.4 is 21.8 Å². The molecule has 0 saturated heterocycles. The van der Waals surface area contributed by atoms with E-state index in [9.17, 15) is 23.2 Å². The number of amides is 1. The molecule has 0 bridgehead atoms. The first kappa shape index (κ1) is 44.7. The first-order valence-electron chi connectivity index (χ1n) is 17.8. The van der Waals surface area contributed by atoms with E-state index in [0.717, 1.165) is 22.2 Å². The molecule has 5 N–H and O–H groups in total. The van der Waals surface area contributed by atoms with Gasteiger partial charge in [-0.25, -0.2) is 24.4 Å². The standard InChI is InChI=1S/C38H51ClF3N8O5P/c1-22-25(11-12-29(40)48-22)32(28(44)19-49(45)38(13-14-38)33(41)42)50(34(51)52-21-53-56(54-36(5,6)7)55-37(8,9)10)24-15-26-30(47-20-35(2,3)4)23(17-43)18-46-31(26)27(39)16-24/h11-12,15-16,18-19,32-33H,13-14,20-21,44-45H2,1-10H3,(H,46,47)/b28-19-. The van der Waals surface area contributed by atoms with Crippen LogP contribution in [0.2, 0.25) is 5.02 Å². The number of hydrazine groups is 1. The van der Waals surface area contributed by atoms with Gasteiger partial charge in [-0.1, -0.05) is 38.4 Å². The quantitative estimate of drug-likeness (QED) is 0.0463. The van der Waals surface area contributed by atoms with Crippen molar-refractivity contribution in [1.29, 1.82) is 5.26 Å². The number of fused-ring (bicyclic) bond motifs is 1. The fourth-order valence-electron chi connectivity index (χ4n) is 5.46. The van der Waals surface area contributed by atoms with Crippen LogP contribution in [0.1, 0.15) is 98.0 Å². The van der Waals surface area contributed by atoms with E-state index in [0.29, 0.717) is 23.1 Å². The zero-order valence-electron chi connectivity index (χ0n) is 33.3. The highest BCUT2D eigenvalue weighted by Gasteiger charge is 2.55. The molecule has 0 aliphatic heterocycles. The third-order valence-corrected chi connectivity index (χ3v) is 10.3. The molecular weight excluding hydrogens is 772 g/mol. The van der Waals surface area contributed by atoms with Crippen LogP contribution >= 0.6 is 20.2 Å². The second kappa shape index (κ2) is 17.3. The Morgan fingerprint density at radius 3 is 2.27 bits per heavy atom. The normalized spacial score (nSPS) is 15.2. The number of rotatable bonds is 14. The number of pyridine rings is 2. The molecule has 1 atom stereocenters. The molecule has 18 heteroatoms. The Balaban J connectivity index is 1.94. The summed E-state index contributed by atoms with van der Waals surface area (Å²) in [6.07, 6.45) is -1.15. The number of nitriles is 1. The first-order valence-corrected chi connectivity index (χ1v) is 19.3. The Hall–Kier alpha value is -3.97. The average Bonchev–Trinajstić information content (AvgIpc) is 3.87. The third-order valence-electron chi connectivity index (χ3n) is 8.27. The Bertz CT molecular complexity index is 1960. The molecule has 1 fully saturated rings. The van der Waals surface area contributed by atoms with E-state index in [-0.39, 0.29) is 51.5 Å². The van der Waals surface area contributed by atoms with Gasteiger partial charge in [0.2, 0.25) is 12.7 Å². The van der Waals surface area contributed by atoms with Gasteiger partial charge < -0.3 is 29.8 Å². The maximum atomic E-state index is 14.6. The summed E-state index contributed by atoms with van der Waals surface area (Å²) in [5, 5.41) is 14.7. The van der Waals surface area contributed by atoms with Crippen molar-refractivity contribution < 1.29 is 36.3 Å². The molecule has 56 heavy (non-hydrogen) atoms. The van der Waals surface area contributed by atoms with E-state index in [2.05, 4.69) is 21.4 Å². The number of ether oxygens (including phenoxy) is 1. The second-order valence-corrected chi connectivity index (χ2v) is 18.2. The van der Waals surface area contributed by atoms with Crippen molar-refractivity contribution in [3.05, 3.63) is 70.2 Å². The van der Waals surface area contributed by atoms with E-state index in [1.807, 2.05) is 62.3 Å². The van der Waals surface area contributed by atoms with Gasteiger partial charge in [0.1, 0.15) is 17.6 Å². The highest BCUT2D eigenvalue weighted by molar-refractivity contribution is 7.41. The zero-order chi connectivity index (χ0) is 42.0. The van der Waals surface area contributed by atoms with Gasteiger partial charge >= 0.3 is 14.7 Å². The Morgan fingerprint density at radius 2 is 1.75 bits per heavy atom. The molecule has 306 valence electrons. The molecular formula is C38H51ClF3N8O5P. The number of nitrogens with one attached hydrogen (secondary N) is 1. The van der Waals surface area contributed by atoms with Gasteiger partial charge in [-0.3, -0.25) is 14.4 Å². The number of hydrogen-bond acceptors (Lipinski definition) is 12. The van der Waals surface area contributed by atoms with Crippen molar-refractivity contribution in [2.45, 2.75) is 111 Å². The number of aromatic nitrogens is 2. The van der Waals surface area contributed by atoms with Gasteiger partial charge in [-0.2, -0.15) is 9.65 Å². The summed E-state index contributed by atoms with van der Waals surface area (Å²) in [5.74, 6) is 5.40. The van der Waals surface area contributed by atoms with Gasteiger partial charge in [-0.15, -0.1) is 0 Å². The highest BCUT2D eigenvalue weighted by atomic mass is 35.5. The maximum absolute atomic E-state index is 14.6. The summed E-state index contributed by atoms with van der Waals surface area (Å²) in [6.45, 7) is 18.2. The number of carbonyl (C=O) groups is 1. The minimum atomic E-state index is -2.80. The predicted octanol–water partition coefficient (Wildman–Crippen LogP) is 9.35. The maximum Gasteiger partial charge on any atom is 0.417 e. The lowest BCUT2D eigenvalue weighted by atomic mass is 9.96. The number of alkyl halides is 2. The molecule has 1 unspecified atom stereocenters. The molecule has 4 rings (SSSR count). The number of nitrogens with zero attached hydrogens (tertiary/aromatic N) is 5. The number of benzene rings is 1. The summed E-state index contributed by atoms with van der Waals surface area (Å²) in [7, 11) is -2.04. The van der Waals surface area contributed by atoms with Crippen LogP contribution in [-0.4, -0.2) is 57.6 Å². The van der Waals surface area contributed by atoms with Crippen LogP contribution in [0.5, 0.6) is 0 Å². The minimum Gasteiger partial charge on any atom is -0.421 e. The Kier molecular flexibility index (Phi) is 13.8. The summed E-state index contributed by atoms with van der Waals surface area (Å²) in [4.78, 5) is 24.1. The number of nitrogens with two attached hydrogens (primary N) is 2. The van der Waals surface area contributed by atoms with Crippen molar-refractivity contribution in [2.75, 3.05) is 23.6 Å². The molecule has 1 saturated carbocycles. The first-order chi connectivity index (χ1) is 25.9. The molecule has 3 aromatic rings. The largest absolute Gasteiger partial charge is 0.421 e. The second-order valence-electron chi connectivity index (χ2n) is 16.7. The zero-order valence-corrected chi connectivity index (χ0v) is 35.0. The predicted molar refractivity (Wildman–Crippen MR) is 211 cm³/mol. The van der Waals surface area contributed by atoms with Gasteiger partial charge in [-0.05, 0) is 84.9 Å². The summed E-state index contributed by atoms with van der Waals surface area (Å²) < 4.78 is 66.4. The molecule has 1 aromatic carbocycles. The van der Waals surface area contributed by atoms with Crippen LogP contribution in [0.15, 0.2) is 42.4 Å². The minimum absolute atomic E-state index is 0.0750. The van der Waals surface area contributed by atoms with Gasteiger partial charge in [0.25, 0.3) is 6.43 Å². The van der Waals surface area contributed by atoms with Gasteiger partial charge in [0, 0.05) is 35.6 Å². The Morgan fingerprint density at radius 1 is 1.12 bits per heavy atom. The van der Waals surface area contributed by atoms with Crippen LogP contribution in [0.3, 0.4) is 0 Å². The molecule has 1 aliphatic rings. The lowest BCUT2D eigenvalue weighted by molar-refractivity contribution is -0.00340. The van der Waals surface area contributed by atoms with Crippen LogP contribution in [0.4, 0.5) is 29.3 Å². The van der Waals surface area contributed by atoms with E-state index in [4.69, 9.17) is 41.5 Å². The summed E-state index contributed by atoms with van der Waals surface area (Å²) in [5.41, 5.74) is 4.61. The number of anilines is 2. The molecule has 1 aliphatic carbocycles. The van der Waals surface area contributed by atoms with Crippen LogP contribution in [0, 0.1) is 29.6 Å². The van der Waals surface area contributed by atoms with Gasteiger partial charge in [0.15, 0.2) is 0 Å². The summed E-state index contributed by atoms with van der Waals surface area (Å²) >= 11 is 6.88. The molecule has 0 radical (unpaired) electrons. The average molecular weight is 823 g/mol. The van der Waals surface area contributed by atoms with Crippen molar-refractivity contribution >= 4 is 48.6 Å². The number of halogens is 4. The molecule has 13 nitrogen and oxygen atoms in total. The molecule has 1 amide bonds. The topological polar surface area (TPSA) is 174 Å². The fraction of sp³-hybridized carbons (Fsp3) is 0.526.